The first-order chi connectivity index (χ1) is 18.3. The van der Waals surface area contributed by atoms with Gasteiger partial charge >= 0.3 is 5.97 Å². The van der Waals surface area contributed by atoms with Crippen molar-refractivity contribution >= 4 is 46.3 Å². The number of hydrogen-bond acceptors (Lipinski definition) is 6. The van der Waals surface area contributed by atoms with Gasteiger partial charge in [0.25, 0.3) is 6.01 Å². The van der Waals surface area contributed by atoms with Crippen LogP contribution in [0.3, 0.4) is 0 Å². The second kappa shape index (κ2) is 10.7. The number of carboxylic acids is 1. The highest BCUT2D eigenvalue weighted by atomic mass is 35.5. The molecule has 8 nitrogen and oxygen atoms in total. The quantitative estimate of drug-likeness (QED) is 0.298. The third-order valence-electron chi connectivity index (χ3n) is 6.24. The number of para-hydroxylation sites is 2. The van der Waals surface area contributed by atoms with Crippen molar-refractivity contribution in [2.75, 3.05) is 18.5 Å². The molecule has 0 unspecified atom stereocenters. The summed E-state index contributed by atoms with van der Waals surface area (Å²) in [6, 6.07) is 15.0. The molecule has 196 valence electrons. The zero-order valence-corrected chi connectivity index (χ0v) is 20.6. The summed E-state index contributed by atoms with van der Waals surface area (Å²) in [6.45, 7) is -0.118. The number of alkyl halides is 1. The highest BCUT2D eigenvalue weighted by Crippen LogP contribution is 2.31. The van der Waals surface area contributed by atoms with Gasteiger partial charge in [-0.05, 0) is 54.1 Å². The Morgan fingerprint density at radius 3 is 2.68 bits per heavy atom. The average Bonchev–Trinajstić information content (AvgIpc) is 3.48. The summed E-state index contributed by atoms with van der Waals surface area (Å²) in [4.78, 5) is 29.6. The van der Waals surface area contributed by atoms with E-state index in [2.05, 4.69) is 10.3 Å². The number of carbonyl (C=O) groups excluding carboxylic acids is 1. The monoisotopic (exact) mass is 541 g/mol. The molecule has 3 aromatic carbocycles. The van der Waals surface area contributed by atoms with E-state index in [1.165, 1.54) is 35.2 Å². The number of aromatic nitrogens is 1. The van der Waals surface area contributed by atoms with Crippen LogP contribution in [-0.2, 0) is 11.2 Å². The van der Waals surface area contributed by atoms with E-state index in [-0.39, 0.29) is 53.8 Å². The molecule has 0 radical (unpaired) electrons. The molecule has 2 heterocycles. The van der Waals surface area contributed by atoms with Crippen LogP contribution in [0.1, 0.15) is 22.3 Å². The molecule has 1 aliphatic rings. The molecule has 5 rings (SSSR count). The lowest BCUT2D eigenvalue weighted by atomic mass is 10.1. The third-order valence-corrected chi connectivity index (χ3v) is 6.55. The number of anilines is 2. The number of oxazole rings is 1. The van der Waals surface area contributed by atoms with Crippen molar-refractivity contribution < 1.29 is 32.6 Å². The van der Waals surface area contributed by atoms with E-state index in [0.29, 0.717) is 16.8 Å². The number of benzene rings is 3. The number of carbonyl (C=O) groups is 2. The van der Waals surface area contributed by atoms with Crippen LogP contribution < -0.4 is 10.1 Å². The molecule has 11 heteroatoms. The number of amides is 1. The van der Waals surface area contributed by atoms with E-state index >= 15 is 0 Å². The molecule has 1 saturated heterocycles. The zero-order valence-electron chi connectivity index (χ0n) is 19.9. The van der Waals surface area contributed by atoms with E-state index in [1.807, 2.05) is 6.07 Å². The van der Waals surface area contributed by atoms with Crippen molar-refractivity contribution in [2.45, 2.75) is 25.1 Å². The summed E-state index contributed by atoms with van der Waals surface area (Å²) in [7, 11) is 0. The molecule has 0 spiro atoms. The number of nitrogens with one attached hydrogen (secondary N) is 1. The Bertz CT molecular complexity index is 1460. The summed E-state index contributed by atoms with van der Waals surface area (Å²) in [5.41, 5.74) is 1.57. The maximum atomic E-state index is 15.0. The Labute approximate surface area is 220 Å². The Kier molecular flexibility index (Phi) is 7.15. The minimum absolute atomic E-state index is 0.00910. The van der Waals surface area contributed by atoms with Crippen LogP contribution >= 0.6 is 11.6 Å². The van der Waals surface area contributed by atoms with Gasteiger partial charge < -0.3 is 24.5 Å². The molecule has 1 aliphatic heterocycles. The van der Waals surface area contributed by atoms with Gasteiger partial charge in [-0.15, -0.1) is 0 Å². The lowest BCUT2D eigenvalue weighted by molar-refractivity contribution is -0.132. The zero-order chi connectivity index (χ0) is 26.8. The van der Waals surface area contributed by atoms with Crippen LogP contribution in [0.2, 0.25) is 5.02 Å². The maximum Gasteiger partial charge on any atom is 0.335 e. The second-order valence-corrected chi connectivity index (χ2v) is 9.29. The first kappa shape index (κ1) is 25.5. The Morgan fingerprint density at radius 1 is 1.18 bits per heavy atom. The highest BCUT2D eigenvalue weighted by Gasteiger charge is 2.36. The summed E-state index contributed by atoms with van der Waals surface area (Å²) in [5.74, 6) is -1.80. The number of aromatic carboxylic acids is 1. The average molecular weight is 542 g/mol. The van der Waals surface area contributed by atoms with Crippen molar-refractivity contribution in [2.24, 2.45) is 0 Å². The number of ether oxygens (including phenoxy) is 1. The van der Waals surface area contributed by atoms with Gasteiger partial charge in [-0.25, -0.2) is 13.6 Å². The fourth-order valence-electron chi connectivity index (χ4n) is 4.33. The molecule has 1 amide bonds. The smallest absolute Gasteiger partial charge is 0.335 e. The van der Waals surface area contributed by atoms with E-state index in [9.17, 15) is 18.4 Å². The van der Waals surface area contributed by atoms with Crippen LogP contribution in [-0.4, -0.2) is 52.2 Å². The number of halogens is 3. The van der Waals surface area contributed by atoms with Gasteiger partial charge in [-0.2, -0.15) is 4.98 Å². The van der Waals surface area contributed by atoms with E-state index in [1.54, 1.807) is 18.2 Å². The molecular formula is C27H22ClF2N3O5. The predicted octanol–water partition coefficient (Wildman–Crippen LogP) is 5.62. The van der Waals surface area contributed by atoms with Crippen LogP contribution in [0.4, 0.5) is 20.5 Å². The van der Waals surface area contributed by atoms with Gasteiger partial charge in [0.05, 0.1) is 35.3 Å². The van der Waals surface area contributed by atoms with Gasteiger partial charge in [-0.1, -0.05) is 23.7 Å². The van der Waals surface area contributed by atoms with E-state index in [4.69, 9.17) is 25.9 Å². The minimum atomic E-state index is -1.24. The van der Waals surface area contributed by atoms with Gasteiger partial charge in [0.1, 0.15) is 29.9 Å². The summed E-state index contributed by atoms with van der Waals surface area (Å²) >= 11 is 6.35. The SMILES string of the molecule is O=C(O)c1ccc(OC[C@@H]2C[C@H](F)CN2C(=O)Cc2cc(Cl)c(Nc3nc4ccccc4o3)cc2F)cc1. The summed E-state index contributed by atoms with van der Waals surface area (Å²) in [5, 5.41) is 12.0. The minimum Gasteiger partial charge on any atom is -0.491 e. The van der Waals surface area contributed by atoms with Gasteiger partial charge in [0, 0.05) is 6.42 Å². The topological polar surface area (TPSA) is 105 Å². The number of rotatable bonds is 8. The number of hydrogen-bond donors (Lipinski definition) is 2. The lowest BCUT2D eigenvalue weighted by Crippen LogP contribution is -2.40. The van der Waals surface area contributed by atoms with Crippen LogP contribution in [0.25, 0.3) is 11.1 Å². The summed E-state index contributed by atoms with van der Waals surface area (Å²) < 4.78 is 40.4. The summed E-state index contributed by atoms with van der Waals surface area (Å²) in [6.07, 6.45) is -1.47. The van der Waals surface area contributed by atoms with E-state index < -0.39 is 29.9 Å². The largest absolute Gasteiger partial charge is 0.491 e. The standard InChI is InChI=1S/C27H22ClF2N3O5/c28-20-9-16(21(30)12-23(20)32-27-31-22-3-1-2-4-24(22)38-27)10-25(34)33-13-17(29)11-18(33)14-37-19-7-5-15(6-8-19)26(35)36/h1-9,12,17-18H,10-11,13-14H2,(H,31,32)(H,35,36)/t17-,18-/m0/s1. The molecule has 1 fully saturated rings. The molecule has 2 atom stereocenters. The Balaban J connectivity index is 1.24. The fraction of sp³-hybridized carbons (Fsp3) is 0.222. The lowest BCUT2D eigenvalue weighted by Gasteiger charge is -2.24. The van der Waals surface area contributed by atoms with Crippen LogP contribution in [0.15, 0.2) is 65.1 Å². The molecule has 2 N–H and O–H groups in total. The van der Waals surface area contributed by atoms with Crippen molar-refractivity contribution in [3.05, 3.63) is 82.6 Å². The Hall–Kier alpha value is -4.18. The third kappa shape index (κ3) is 5.55. The van der Waals surface area contributed by atoms with Crippen LogP contribution in [0.5, 0.6) is 5.75 Å². The van der Waals surface area contributed by atoms with Gasteiger partial charge in [0.2, 0.25) is 5.91 Å². The van der Waals surface area contributed by atoms with Gasteiger partial charge in [0.15, 0.2) is 5.58 Å². The van der Waals surface area contributed by atoms with Crippen molar-refractivity contribution in [3.8, 4) is 5.75 Å². The first-order valence-corrected chi connectivity index (χ1v) is 12.1. The molecule has 0 saturated carbocycles. The Morgan fingerprint density at radius 2 is 1.95 bits per heavy atom. The van der Waals surface area contributed by atoms with E-state index in [0.717, 1.165) is 6.07 Å². The number of carboxylic acid groups (broad SMARTS) is 1. The fourth-order valence-corrected chi connectivity index (χ4v) is 4.57. The van der Waals surface area contributed by atoms with Crippen molar-refractivity contribution in [1.82, 2.24) is 9.88 Å². The maximum absolute atomic E-state index is 15.0. The second-order valence-electron chi connectivity index (χ2n) is 8.89. The molecule has 4 aromatic rings. The van der Waals surface area contributed by atoms with Gasteiger partial charge in [-0.3, -0.25) is 4.79 Å². The highest BCUT2D eigenvalue weighted by molar-refractivity contribution is 6.33. The number of fused-ring (bicyclic) bond motifs is 1. The first-order valence-electron chi connectivity index (χ1n) is 11.8. The molecule has 1 aromatic heterocycles. The van der Waals surface area contributed by atoms with Crippen LogP contribution in [0, 0.1) is 5.82 Å². The normalized spacial score (nSPS) is 17.1. The molecular weight excluding hydrogens is 520 g/mol. The predicted molar refractivity (Wildman–Crippen MR) is 136 cm³/mol. The molecule has 0 bridgehead atoms. The molecule has 38 heavy (non-hydrogen) atoms. The van der Waals surface area contributed by atoms with Crippen molar-refractivity contribution in [1.29, 1.82) is 0 Å². The number of nitrogens with zero attached hydrogens (tertiary/aromatic N) is 2. The number of likely N-dealkylation sites (tertiary alicyclic amines) is 1. The molecule has 0 aliphatic carbocycles. The van der Waals surface area contributed by atoms with Crippen molar-refractivity contribution in [3.63, 3.8) is 0 Å².